The second-order valence-electron chi connectivity index (χ2n) is 6.01. The van der Waals surface area contributed by atoms with E-state index in [0.717, 1.165) is 13.1 Å². The van der Waals surface area contributed by atoms with Gasteiger partial charge >= 0.3 is 5.97 Å². The summed E-state index contributed by atoms with van der Waals surface area (Å²) >= 11 is 0. The highest BCUT2D eigenvalue weighted by Crippen LogP contribution is 2.47. The Morgan fingerprint density at radius 2 is 1.87 bits per heavy atom. The van der Waals surface area contributed by atoms with Gasteiger partial charge in [-0.2, -0.15) is 0 Å². The summed E-state index contributed by atoms with van der Waals surface area (Å²) < 4.78 is 0. The van der Waals surface area contributed by atoms with Crippen LogP contribution in [0, 0.1) is 23.2 Å². The van der Waals surface area contributed by atoms with Crippen LogP contribution < -0.4 is 5.32 Å². The van der Waals surface area contributed by atoms with Gasteiger partial charge in [0, 0.05) is 6.42 Å². The van der Waals surface area contributed by atoms with E-state index in [4.69, 9.17) is 5.11 Å². The van der Waals surface area contributed by atoms with Crippen LogP contribution in [-0.4, -0.2) is 24.2 Å². The number of carboxylic acid groups (broad SMARTS) is 1. The van der Waals surface area contributed by atoms with Crippen LogP contribution in [0.25, 0.3) is 0 Å². The Balaban J connectivity index is 2.10. The number of hydrogen-bond acceptors (Lipinski definition) is 2. The summed E-state index contributed by atoms with van der Waals surface area (Å²) in [6.07, 6.45) is 2.72. The van der Waals surface area contributed by atoms with E-state index in [0.29, 0.717) is 29.6 Å². The Bertz CT molecular complexity index is 246. The molecule has 1 aliphatic carbocycles. The Morgan fingerprint density at radius 1 is 1.33 bits per heavy atom. The minimum atomic E-state index is -0.628. The molecule has 1 heterocycles. The molecule has 0 aromatic heterocycles. The van der Waals surface area contributed by atoms with Gasteiger partial charge < -0.3 is 10.4 Å². The molecule has 0 amide bonds. The fourth-order valence-electron chi connectivity index (χ4n) is 3.63. The van der Waals surface area contributed by atoms with E-state index in [1.165, 1.54) is 12.8 Å². The van der Waals surface area contributed by atoms with Crippen molar-refractivity contribution in [3.63, 3.8) is 0 Å². The summed E-state index contributed by atoms with van der Waals surface area (Å²) in [6, 6.07) is 0. The molecule has 1 saturated carbocycles. The van der Waals surface area contributed by atoms with Crippen LogP contribution in [0.4, 0.5) is 0 Å². The topological polar surface area (TPSA) is 49.3 Å². The molecule has 2 bridgehead atoms. The Morgan fingerprint density at radius 3 is 2.33 bits per heavy atom. The maximum Gasteiger partial charge on any atom is 0.303 e. The average Bonchev–Trinajstić information content (AvgIpc) is 2.05. The predicted molar refractivity (Wildman–Crippen MR) is 58.6 cm³/mol. The molecular formula is C12H21NO2. The third-order valence-corrected chi connectivity index (χ3v) is 4.06. The van der Waals surface area contributed by atoms with Gasteiger partial charge in [-0.25, -0.2) is 0 Å². The summed E-state index contributed by atoms with van der Waals surface area (Å²) in [6.45, 7) is 6.65. The molecule has 2 rings (SSSR count). The number of rotatable bonds is 2. The first kappa shape index (κ1) is 10.9. The van der Waals surface area contributed by atoms with Gasteiger partial charge in [-0.3, -0.25) is 4.79 Å². The van der Waals surface area contributed by atoms with Crippen LogP contribution >= 0.6 is 0 Å². The van der Waals surface area contributed by atoms with E-state index >= 15 is 0 Å². The number of hydrogen-bond donors (Lipinski definition) is 2. The molecule has 15 heavy (non-hydrogen) atoms. The number of fused-ring (bicyclic) bond motifs is 2. The maximum atomic E-state index is 10.8. The molecular weight excluding hydrogens is 190 g/mol. The molecule has 2 atom stereocenters. The molecule has 1 saturated heterocycles. The molecule has 2 fully saturated rings. The van der Waals surface area contributed by atoms with Gasteiger partial charge in [0.1, 0.15) is 0 Å². The van der Waals surface area contributed by atoms with E-state index in [1.807, 2.05) is 0 Å². The van der Waals surface area contributed by atoms with Crippen LogP contribution in [0.2, 0.25) is 0 Å². The first-order valence-corrected chi connectivity index (χ1v) is 5.90. The Kier molecular flexibility index (Phi) is 2.75. The maximum absolute atomic E-state index is 10.8. The van der Waals surface area contributed by atoms with Crippen molar-refractivity contribution in [3.05, 3.63) is 0 Å². The SMILES string of the molecule is CC1(C)CC2CNCC(C1)C2CC(=O)O. The van der Waals surface area contributed by atoms with Crippen molar-refractivity contribution in [2.75, 3.05) is 13.1 Å². The van der Waals surface area contributed by atoms with Crippen LogP contribution in [-0.2, 0) is 4.79 Å². The third kappa shape index (κ3) is 2.33. The summed E-state index contributed by atoms with van der Waals surface area (Å²) in [5, 5.41) is 12.4. The zero-order valence-electron chi connectivity index (χ0n) is 9.62. The molecule has 0 aromatic rings. The van der Waals surface area contributed by atoms with Crippen molar-refractivity contribution in [2.24, 2.45) is 23.2 Å². The largest absolute Gasteiger partial charge is 0.481 e. The Labute approximate surface area is 91.2 Å². The monoisotopic (exact) mass is 211 g/mol. The van der Waals surface area contributed by atoms with E-state index in [9.17, 15) is 4.79 Å². The molecule has 2 N–H and O–H groups in total. The lowest BCUT2D eigenvalue weighted by Crippen LogP contribution is -2.50. The minimum Gasteiger partial charge on any atom is -0.481 e. The first-order valence-electron chi connectivity index (χ1n) is 5.90. The quantitative estimate of drug-likeness (QED) is 0.731. The number of carboxylic acids is 1. The smallest absolute Gasteiger partial charge is 0.303 e. The minimum absolute atomic E-state index is 0.368. The van der Waals surface area contributed by atoms with Gasteiger partial charge in [-0.1, -0.05) is 13.8 Å². The molecule has 1 aliphatic heterocycles. The molecule has 3 nitrogen and oxygen atoms in total. The first-order chi connectivity index (χ1) is 6.98. The van der Waals surface area contributed by atoms with E-state index < -0.39 is 5.97 Å². The standard InChI is InChI=1S/C12H21NO2/c1-12(2)4-8-6-13-7-9(5-12)10(8)3-11(14)15/h8-10,13H,3-7H2,1-2H3,(H,14,15). The van der Waals surface area contributed by atoms with E-state index in [-0.39, 0.29) is 0 Å². The van der Waals surface area contributed by atoms with Gasteiger partial charge in [0.25, 0.3) is 0 Å². The summed E-state index contributed by atoms with van der Waals surface area (Å²) in [5.41, 5.74) is 0.409. The van der Waals surface area contributed by atoms with E-state index in [2.05, 4.69) is 19.2 Å². The van der Waals surface area contributed by atoms with Crippen molar-refractivity contribution in [1.82, 2.24) is 5.32 Å². The highest BCUT2D eigenvalue weighted by atomic mass is 16.4. The van der Waals surface area contributed by atoms with Crippen LogP contribution in [0.1, 0.15) is 33.1 Å². The van der Waals surface area contributed by atoms with Crippen molar-refractivity contribution >= 4 is 5.97 Å². The highest BCUT2D eigenvalue weighted by molar-refractivity contribution is 5.67. The molecule has 0 aromatic carbocycles. The lowest BCUT2D eigenvalue weighted by molar-refractivity contribution is -0.140. The zero-order valence-corrected chi connectivity index (χ0v) is 9.62. The van der Waals surface area contributed by atoms with Gasteiger partial charge in [0.15, 0.2) is 0 Å². The van der Waals surface area contributed by atoms with E-state index in [1.54, 1.807) is 0 Å². The molecule has 2 unspecified atom stereocenters. The number of nitrogens with one attached hydrogen (secondary N) is 1. The van der Waals surface area contributed by atoms with Crippen molar-refractivity contribution in [1.29, 1.82) is 0 Å². The Hall–Kier alpha value is -0.570. The van der Waals surface area contributed by atoms with Crippen molar-refractivity contribution in [3.8, 4) is 0 Å². The van der Waals surface area contributed by atoms with Gasteiger partial charge in [0.2, 0.25) is 0 Å². The third-order valence-electron chi connectivity index (χ3n) is 4.06. The summed E-state index contributed by atoms with van der Waals surface area (Å²) in [4.78, 5) is 10.8. The van der Waals surface area contributed by atoms with Crippen LogP contribution in [0.5, 0.6) is 0 Å². The zero-order chi connectivity index (χ0) is 11.1. The van der Waals surface area contributed by atoms with Crippen molar-refractivity contribution < 1.29 is 9.90 Å². The molecule has 0 spiro atoms. The average molecular weight is 211 g/mol. The predicted octanol–water partition coefficient (Wildman–Crippen LogP) is 1.73. The number of aliphatic carboxylic acids is 1. The molecule has 0 radical (unpaired) electrons. The second-order valence-corrected chi connectivity index (χ2v) is 6.01. The fourth-order valence-corrected chi connectivity index (χ4v) is 3.63. The molecule has 3 heteroatoms. The number of piperidine rings is 1. The van der Waals surface area contributed by atoms with Gasteiger partial charge in [-0.15, -0.1) is 0 Å². The van der Waals surface area contributed by atoms with Gasteiger partial charge in [0.05, 0.1) is 0 Å². The van der Waals surface area contributed by atoms with Crippen LogP contribution in [0.15, 0.2) is 0 Å². The molecule has 86 valence electrons. The summed E-state index contributed by atoms with van der Waals surface area (Å²) in [5.74, 6) is 0.931. The lowest BCUT2D eigenvalue weighted by atomic mass is 9.59. The van der Waals surface area contributed by atoms with Crippen LogP contribution in [0.3, 0.4) is 0 Å². The molecule has 2 aliphatic rings. The number of carbonyl (C=O) groups is 1. The van der Waals surface area contributed by atoms with Gasteiger partial charge in [-0.05, 0) is 49.1 Å². The normalized spacial score (nSPS) is 38.7. The lowest BCUT2D eigenvalue weighted by Gasteiger charge is -2.49. The fraction of sp³-hybridized carbons (Fsp3) is 0.917. The second kappa shape index (κ2) is 3.78. The highest BCUT2D eigenvalue weighted by Gasteiger charge is 2.43. The summed E-state index contributed by atoms with van der Waals surface area (Å²) in [7, 11) is 0. The van der Waals surface area contributed by atoms with Crippen molar-refractivity contribution in [2.45, 2.75) is 33.1 Å².